The van der Waals surface area contributed by atoms with E-state index in [0.717, 1.165) is 28.9 Å². The molecule has 0 saturated heterocycles. The van der Waals surface area contributed by atoms with Crippen molar-refractivity contribution in [2.45, 2.75) is 26.2 Å². The molecule has 0 unspecified atom stereocenters. The van der Waals surface area contributed by atoms with E-state index >= 15 is 0 Å². The van der Waals surface area contributed by atoms with Crippen molar-refractivity contribution in [3.05, 3.63) is 28.0 Å². The number of esters is 1. The molecule has 0 fully saturated rings. The van der Waals surface area contributed by atoms with Gasteiger partial charge in [-0.3, -0.25) is 4.79 Å². The summed E-state index contributed by atoms with van der Waals surface area (Å²) in [6, 6.07) is 1.84. The number of carbonyl (C=O) groups is 2. The molecule has 0 aromatic carbocycles. The smallest absolute Gasteiger partial charge is 0.331 e. The van der Waals surface area contributed by atoms with Crippen LogP contribution in [0, 0.1) is 0 Å². The maximum Gasteiger partial charge on any atom is 0.331 e. The number of ketones is 1. The Balaban J connectivity index is 2.33. The van der Waals surface area contributed by atoms with Crippen LogP contribution in [0.25, 0.3) is 5.57 Å². The average molecular weight is 250 g/mol. The van der Waals surface area contributed by atoms with Gasteiger partial charge in [0.1, 0.15) is 0 Å². The first-order valence-electron chi connectivity index (χ1n) is 5.70. The Morgan fingerprint density at radius 1 is 1.53 bits per heavy atom. The molecule has 1 aliphatic carbocycles. The molecule has 90 valence electrons. The van der Waals surface area contributed by atoms with Crippen LogP contribution in [0.1, 0.15) is 41.4 Å². The fourth-order valence-electron chi connectivity index (χ4n) is 1.93. The maximum absolute atomic E-state index is 11.8. The van der Waals surface area contributed by atoms with Crippen LogP contribution in [-0.4, -0.2) is 18.4 Å². The van der Waals surface area contributed by atoms with Crippen molar-refractivity contribution < 1.29 is 14.3 Å². The Labute approximate surface area is 104 Å². The number of hydrogen-bond acceptors (Lipinski definition) is 4. The minimum Gasteiger partial charge on any atom is -0.463 e. The largest absolute Gasteiger partial charge is 0.463 e. The summed E-state index contributed by atoms with van der Waals surface area (Å²) in [6.45, 7) is 2.16. The fraction of sp³-hybridized carbons (Fsp3) is 0.385. The Kier molecular flexibility index (Phi) is 3.74. The lowest BCUT2D eigenvalue weighted by molar-refractivity contribution is -0.137. The van der Waals surface area contributed by atoms with E-state index < -0.39 is 0 Å². The first-order valence-corrected chi connectivity index (χ1v) is 6.58. The molecule has 0 atom stereocenters. The van der Waals surface area contributed by atoms with E-state index in [-0.39, 0.29) is 11.8 Å². The van der Waals surface area contributed by atoms with E-state index in [0.29, 0.717) is 13.0 Å². The van der Waals surface area contributed by atoms with Gasteiger partial charge < -0.3 is 4.74 Å². The predicted molar refractivity (Wildman–Crippen MR) is 67.1 cm³/mol. The highest BCUT2D eigenvalue weighted by atomic mass is 32.1. The van der Waals surface area contributed by atoms with Gasteiger partial charge in [-0.05, 0) is 36.8 Å². The lowest BCUT2D eigenvalue weighted by atomic mass is 10.1. The van der Waals surface area contributed by atoms with Crippen LogP contribution in [0.15, 0.2) is 17.5 Å². The summed E-state index contributed by atoms with van der Waals surface area (Å²) in [5.74, 6) is -0.148. The molecule has 4 heteroatoms. The van der Waals surface area contributed by atoms with Gasteiger partial charge in [0, 0.05) is 22.9 Å². The summed E-state index contributed by atoms with van der Waals surface area (Å²) >= 11 is 1.51. The minimum absolute atomic E-state index is 0.175. The molecular weight excluding hydrogens is 236 g/mol. The van der Waals surface area contributed by atoms with Gasteiger partial charge in [0.25, 0.3) is 0 Å². The molecule has 0 bridgehead atoms. The summed E-state index contributed by atoms with van der Waals surface area (Å²) in [5.41, 5.74) is 1.68. The van der Waals surface area contributed by atoms with Gasteiger partial charge in [-0.15, -0.1) is 11.3 Å². The van der Waals surface area contributed by atoms with Crippen LogP contribution in [0.4, 0.5) is 0 Å². The molecule has 2 rings (SSSR count). The van der Waals surface area contributed by atoms with Crippen LogP contribution < -0.4 is 0 Å². The van der Waals surface area contributed by atoms with Crippen molar-refractivity contribution in [3.8, 4) is 0 Å². The third-order valence-corrected chi connectivity index (χ3v) is 3.68. The summed E-state index contributed by atoms with van der Waals surface area (Å²) in [6.07, 6.45) is 3.64. The maximum atomic E-state index is 11.8. The van der Waals surface area contributed by atoms with E-state index in [1.54, 1.807) is 6.92 Å². The highest BCUT2D eigenvalue weighted by Gasteiger charge is 2.20. The standard InChI is InChI=1S/C13H14O3S/c1-2-16-12(15)8-9-4-3-5-11(14)10-6-7-17-13(9)10/h6-8H,2-5H2,1H3/b9-8+. The molecule has 3 nitrogen and oxygen atoms in total. The van der Waals surface area contributed by atoms with Crippen LogP contribution in [0.3, 0.4) is 0 Å². The molecule has 0 radical (unpaired) electrons. The Bertz CT molecular complexity index is 471. The van der Waals surface area contributed by atoms with Crippen LogP contribution in [-0.2, 0) is 9.53 Å². The van der Waals surface area contributed by atoms with E-state index in [1.807, 2.05) is 11.4 Å². The number of Topliss-reactive ketones (excluding diaryl/α,β-unsaturated/α-hetero) is 1. The molecular formula is C13H14O3S. The summed E-state index contributed by atoms with van der Waals surface area (Å²) in [5, 5.41) is 1.90. The molecule has 0 N–H and O–H groups in total. The monoisotopic (exact) mass is 250 g/mol. The normalized spacial score (nSPS) is 17.7. The first kappa shape index (κ1) is 12.0. The average Bonchev–Trinajstić information content (AvgIpc) is 2.72. The number of ether oxygens (including phenoxy) is 1. The number of rotatable bonds is 2. The van der Waals surface area contributed by atoms with Gasteiger partial charge in [-0.25, -0.2) is 4.79 Å². The topological polar surface area (TPSA) is 43.4 Å². The molecule has 0 aliphatic heterocycles. The summed E-state index contributed by atoms with van der Waals surface area (Å²) in [4.78, 5) is 24.2. The SMILES string of the molecule is CCOC(=O)/C=C1\CCCC(=O)c2ccsc21. The third-order valence-electron chi connectivity index (χ3n) is 2.69. The molecule has 0 spiro atoms. The van der Waals surface area contributed by atoms with Gasteiger partial charge in [0.05, 0.1) is 6.61 Å². The highest BCUT2D eigenvalue weighted by molar-refractivity contribution is 7.11. The number of fused-ring (bicyclic) bond motifs is 1. The van der Waals surface area contributed by atoms with Gasteiger partial charge in [-0.2, -0.15) is 0 Å². The lowest BCUT2D eigenvalue weighted by Crippen LogP contribution is -2.01. The van der Waals surface area contributed by atoms with E-state index in [9.17, 15) is 9.59 Å². The van der Waals surface area contributed by atoms with E-state index in [4.69, 9.17) is 4.74 Å². The van der Waals surface area contributed by atoms with Gasteiger partial charge in [-0.1, -0.05) is 0 Å². The lowest BCUT2D eigenvalue weighted by Gasteiger charge is -2.03. The number of hydrogen-bond donors (Lipinski definition) is 0. The zero-order valence-corrected chi connectivity index (χ0v) is 10.5. The van der Waals surface area contributed by atoms with Crippen LogP contribution in [0.5, 0.6) is 0 Å². The first-order chi connectivity index (χ1) is 8.22. The number of allylic oxidation sites excluding steroid dienone is 1. The van der Waals surface area contributed by atoms with Crippen molar-refractivity contribution in [1.82, 2.24) is 0 Å². The Hall–Kier alpha value is -1.42. The second kappa shape index (κ2) is 5.27. The Morgan fingerprint density at radius 3 is 3.12 bits per heavy atom. The predicted octanol–water partition coefficient (Wildman–Crippen LogP) is 3.06. The zero-order chi connectivity index (χ0) is 12.3. The number of thiophene rings is 1. The molecule has 17 heavy (non-hydrogen) atoms. The third kappa shape index (κ3) is 2.64. The molecule has 0 amide bonds. The quantitative estimate of drug-likeness (QED) is 0.460. The van der Waals surface area contributed by atoms with Crippen molar-refractivity contribution in [2.75, 3.05) is 6.61 Å². The summed E-state index contributed by atoms with van der Waals surface area (Å²) < 4.78 is 4.91. The van der Waals surface area contributed by atoms with Crippen molar-refractivity contribution in [2.24, 2.45) is 0 Å². The molecule has 0 saturated carbocycles. The van der Waals surface area contributed by atoms with Crippen molar-refractivity contribution in [1.29, 1.82) is 0 Å². The van der Waals surface area contributed by atoms with Crippen LogP contribution >= 0.6 is 11.3 Å². The Morgan fingerprint density at radius 2 is 2.35 bits per heavy atom. The summed E-state index contributed by atoms with van der Waals surface area (Å²) in [7, 11) is 0. The molecule has 1 aromatic heterocycles. The van der Waals surface area contributed by atoms with Gasteiger partial charge >= 0.3 is 5.97 Å². The van der Waals surface area contributed by atoms with Crippen LogP contribution in [0.2, 0.25) is 0 Å². The second-order valence-electron chi connectivity index (χ2n) is 3.86. The molecule has 1 heterocycles. The van der Waals surface area contributed by atoms with E-state index in [2.05, 4.69) is 0 Å². The van der Waals surface area contributed by atoms with Gasteiger partial charge in [0.2, 0.25) is 0 Å². The molecule has 1 aliphatic rings. The second-order valence-corrected chi connectivity index (χ2v) is 4.78. The zero-order valence-electron chi connectivity index (χ0n) is 9.69. The molecule has 1 aromatic rings. The highest BCUT2D eigenvalue weighted by Crippen LogP contribution is 2.33. The van der Waals surface area contributed by atoms with E-state index in [1.165, 1.54) is 17.4 Å². The van der Waals surface area contributed by atoms with Crippen molar-refractivity contribution >= 4 is 28.7 Å². The fourth-order valence-corrected chi connectivity index (χ4v) is 2.89. The minimum atomic E-state index is -0.323. The number of carbonyl (C=O) groups excluding carboxylic acids is 2. The van der Waals surface area contributed by atoms with Crippen molar-refractivity contribution in [3.63, 3.8) is 0 Å². The van der Waals surface area contributed by atoms with Gasteiger partial charge in [0.15, 0.2) is 5.78 Å².